The number of amides is 1. The van der Waals surface area contributed by atoms with Gasteiger partial charge in [-0.1, -0.05) is 13.3 Å². The van der Waals surface area contributed by atoms with Crippen molar-refractivity contribution in [2.24, 2.45) is 0 Å². The van der Waals surface area contributed by atoms with E-state index in [4.69, 9.17) is 0 Å². The first-order valence-electron chi connectivity index (χ1n) is 7.71. The molecule has 2 heterocycles. The molecule has 0 bridgehead atoms. The van der Waals surface area contributed by atoms with E-state index in [1.54, 1.807) is 0 Å². The lowest BCUT2D eigenvalue weighted by atomic mass is 10.1. The van der Waals surface area contributed by atoms with E-state index in [0.29, 0.717) is 6.04 Å². The first-order chi connectivity index (χ1) is 9.65. The van der Waals surface area contributed by atoms with Crippen molar-refractivity contribution in [3.05, 3.63) is 23.4 Å². The fourth-order valence-electron chi connectivity index (χ4n) is 2.77. The van der Waals surface area contributed by atoms with Gasteiger partial charge in [0.25, 0.3) is 5.91 Å². The van der Waals surface area contributed by atoms with Crippen LogP contribution < -0.4 is 5.32 Å². The maximum absolute atomic E-state index is 12.6. The molecule has 1 unspecified atom stereocenters. The van der Waals surface area contributed by atoms with Crippen molar-refractivity contribution in [1.82, 2.24) is 9.88 Å². The SMILES string of the molecule is CCCc1cc(C(=O)N2CCCC2C)cc(NCC)n1. The van der Waals surface area contributed by atoms with Gasteiger partial charge in [0.2, 0.25) is 0 Å². The molecule has 1 fully saturated rings. The Hall–Kier alpha value is -1.58. The summed E-state index contributed by atoms with van der Waals surface area (Å²) in [6, 6.07) is 4.20. The molecule has 110 valence electrons. The highest BCUT2D eigenvalue weighted by Crippen LogP contribution is 2.21. The van der Waals surface area contributed by atoms with Crippen molar-refractivity contribution in [1.29, 1.82) is 0 Å². The van der Waals surface area contributed by atoms with Gasteiger partial charge in [-0.05, 0) is 45.2 Å². The molecule has 1 N–H and O–H groups in total. The zero-order valence-corrected chi connectivity index (χ0v) is 12.8. The molecule has 0 aromatic carbocycles. The third kappa shape index (κ3) is 3.30. The van der Waals surface area contributed by atoms with Gasteiger partial charge in [-0.15, -0.1) is 0 Å². The minimum atomic E-state index is 0.147. The van der Waals surface area contributed by atoms with E-state index in [-0.39, 0.29) is 5.91 Å². The lowest BCUT2D eigenvalue weighted by Gasteiger charge is -2.22. The molecule has 0 saturated carbocycles. The number of rotatable bonds is 5. The predicted octanol–water partition coefficient (Wildman–Crippen LogP) is 3.09. The van der Waals surface area contributed by atoms with Crippen LogP contribution >= 0.6 is 0 Å². The van der Waals surface area contributed by atoms with Crippen LogP contribution in [0, 0.1) is 0 Å². The zero-order chi connectivity index (χ0) is 14.5. The minimum absolute atomic E-state index is 0.147. The van der Waals surface area contributed by atoms with Crippen molar-refractivity contribution in [2.45, 2.75) is 52.5 Å². The Bertz CT molecular complexity index is 449. The topological polar surface area (TPSA) is 45.2 Å². The van der Waals surface area contributed by atoms with E-state index in [0.717, 1.165) is 55.8 Å². The van der Waals surface area contributed by atoms with Gasteiger partial charge in [0, 0.05) is 30.4 Å². The van der Waals surface area contributed by atoms with E-state index in [1.807, 2.05) is 24.0 Å². The summed E-state index contributed by atoms with van der Waals surface area (Å²) in [6.45, 7) is 7.99. The molecule has 2 rings (SSSR count). The lowest BCUT2D eigenvalue weighted by Crippen LogP contribution is -2.33. The average Bonchev–Trinajstić information content (AvgIpc) is 2.84. The number of aromatic nitrogens is 1. The molecular formula is C16H25N3O. The van der Waals surface area contributed by atoms with Gasteiger partial charge in [-0.3, -0.25) is 4.79 Å². The molecule has 4 nitrogen and oxygen atoms in total. The number of likely N-dealkylation sites (tertiary alicyclic amines) is 1. The number of hydrogen-bond acceptors (Lipinski definition) is 3. The molecule has 4 heteroatoms. The molecule has 0 radical (unpaired) electrons. The summed E-state index contributed by atoms with van der Waals surface area (Å²) in [4.78, 5) is 19.2. The fourth-order valence-corrected chi connectivity index (χ4v) is 2.77. The Labute approximate surface area is 121 Å². The summed E-state index contributed by atoms with van der Waals surface area (Å²) in [5.74, 6) is 0.961. The van der Waals surface area contributed by atoms with Crippen LogP contribution in [0.2, 0.25) is 0 Å². The van der Waals surface area contributed by atoms with Crippen LogP contribution in [0.15, 0.2) is 12.1 Å². The summed E-state index contributed by atoms with van der Waals surface area (Å²) < 4.78 is 0. The normalized spacial score (nSPS) is 18.4. The van der Waals surface area contributed by atoms with E-state index >= 15 is 0 Å². The predicted molar refractivity (Wildman–Crippen MR) is 82.1 cm³/mol. The highest BCUT2D eigenvalue weighted by atomic mass is 16.2. The molecule has 1 aliphatic rings. The summed E-state index contributed by atoms with van der Waals surface area (Å²) in [5, 5.41) is 3.22. The van der Waals surface area contributed by atoms with Gasteiger partial charge in [0.1, 0.15) is 5.82 Å². The molecule has 1 aromatic rings. The first kappa shape index (κ1) is 14.8. The lowest BCUT2D eigenvalue weighted by molar-refractivity contribution is 0.0747. The summed E-state index contributed by atoms with van der Waals surface area (Å²) in [5.41, 5.74) is 1.77. The quantitative estimate of drug-likeness (QED) is 0.898. The Morgan fingerprint density at radius 1 is 1.45 bits per heavy atom. The fraction of sp³-hybridized carbons (Fsp3) is 0.625. The Kier molecular flexibility index (Phi) is 4.99. The van der Waals surface area contributed by atoms with Gasteiger partial charge in [-0.25, -0.2) is 4.98 Å². The molecule has 1 aromatic heterocycles. The van der Waals surface area contributed by atoms with Gasteiger partial charge in [0.15, 0.2) is 0 Å². The number of nitrogens with zero attached hydrogens (tertiary/aromatic N) is 2. The largest absolute Gasteiger partial charge is 0.370 e. The highest BCUT2D eigenvalue weighted by molar-refractivity contribution is 5.95. The molecule has 1 aliphatic heterocycles. The standard InChI is InChI=1S/C16H25N3O/c1-4-7-14-10-13(11-15(18-14)17-5-2)16(20)19-9-6-8-12(19)3/h10-12H,4-9H2,1-3H3,(H,17,18). The van der Waals surface area contributed by atoms with Crippen LogP contribution in [0.25, 0.3) is 0 Å². The summed E-state index contributed by atoms with van der Waals surface area (Å²) in [7, 11) is 0. The van der Waals surface area contributed by atoms with Crippen LogP contribution in [0.3, 0.4) is 0 Å². The average molecular weight is 275 g/mol. The highest BCUT2D eigenvalue weighted by Gasteiger charge is 2.26. The molecule has 1 amide bonds. The van der Waals surface area contributed by atoms with E-state index in [2.05, 4.69) is 24.1 Å². The van der Waals surface area contributed by atoms with E-state index < -0.39 is 0 Å². The molecule has 20 heavy (non-hydrogen) atoms. The Morgan fingerprint density at radius 2 is 2.25 bits per heavy atom. The maximum Gasteiger partial charge on any atom is 0.254 e. The molecular weight excluding hydrogens is 250 g/mol. The van der Waals surface area contributed by atoms with Crippen LogP contribution in [-0.2, 0) is 6.42 Å². The second-order valence-corrected chi connectivity index (χ2v) is 5.50. The molecule has 0 aliphatic carbocycles. The number of aryl methyl sites for hydroxylation is 1. The van der Waals surface area contributed by atoms with E-state index in [9.17, 15) is 4.79 Å². The van der Waals surface area contributed by atoms with Crippen molar-refractivity contribution in [3.8, 4) is 0 Å². The second kappa shape index (κ2) is 6.73. The molecule has 0 spiro atoms. The Balaban J connectivity index is 2.26. The first-order valence-corrected chi connectivity index (χ1v) is 7.71. The summed E-state index contributed by atoms with van der Waals surface area (Å²) >= 11 is 0. The smallest absolute Gasteiger partial charge is 0.254 e. The number of carbonyl (C=O) groups excluding carboxylic acids is 1. The minimum Gasteiger partial charge on any atom is -0.370 e. The number of carbonyl (C=O) groups is 1. The van der Waals surface area contributed by atoms with Gasteiger partial charge in [0.05, 0.1) is 0 Å². The van der Waals surface area contributed by atoms with E-state index in [1.165, 1.54) is 0 Å². The maximum atomic E-state index is 12.6. The van der Waals surface area contributed by atoms with Crippen LogP contribution in [0.5, 0.6) is 0 Å². The molecule has 1 atom stereocenters. The number of pyridine rings is 1. The van der Waals surface area contributed by atoms with Gasteiger partial charge in [-0.2, -0.15) is 0 Å². The van der Waals surface area contributed by atoms with Crippen molar-refractivity contribution in [3.63, 3.8) is 0 Å². The van der Waals surface area contributed by atoms with Crippen molar-refractivity contribution < 1.29 is 4.79 Å². The Morgan fingerprint density at radius 3 is 2.85 bits per heavy atom. The third-order valence-electron chi connectivity index (χ3n) is 3.80. The van der Waals surface area contributed by atoms with Crippen molar-refractivity contribution >= 4 is 11.7 Å². The van der Waals surface area contributed by atoms with Gasteiger partial charge >= 0.3 is 0 Å². The van der Waals surface area contributed by atoms with Crippen LogP contribution in [0.4, 0.5) is 5.82 Å². The van der Waals surface area contributed by atoms with Crippen LogP contribution in [-0.4, -0.2) is 34.9 Å². The van der Waals surface area contributed by atoms with Crippen molar-refractivity contribution in [2.75, 3.05) is 18.4 Å². The summed E-state index contributed by atoms with van der Waals surface area (Å²) in [6.07, 6.45) is 4.17. The number of hydrogen-bond donors (Lipinski definition) is 1. The number of nitrogens with one attached hydrogen (secondary N) is 1. The van der Waals surface area contributed by atoms with Crippen LogP contribution in [0.1, 0.15) is 56.1 Å². The number of anilines is 1. The zero-order valence-electron chi connectivity index (χ0n) is 12.8. The third-order valence-corrected chi connectivity index (χ3v) is 3.80. The second-order valence-electron chi connectivity index (χ2n) is 5.50. The molecule has 1 saturated heterocycles. The van der Waals surface area contributed by atoms with Gasteiger partial charge < -0.3 is 10.2 Å². The monoisotopic (exact) mass is 275 g/mol.